The molecule has 2 aromatic carbocycles. The van der Waals surface area contributed by atoms with Gasteiger partial charge < -0.3 is 10.1 Å². The Kier molecular flexibility index (Phi) is 6.96. The Hall–Kier alpha value is -2.67. The van der Waals surface area contributed by atoms with Crippen molar-refractivity contribution >= 4 is 27.4 Å². The molecular formula is C21H25NO5S. The SMILES string of the molecule is Cc1ccc(S(=O)(=O)CCC(=O)OCC(=O)Nc2c(C)cccc2C)cc1C. The van der Waals surface area contributed by atoms with E-state index >= 15 is 0 Å². The second-order valence-corrected chi connectivity index (χ2v) is 8.90. The maximum atomic E-state index is 12.4. The number of hydrogen-bond acceptors (Lipinski definition) is 5. The first-order chi connectivity index (χ1) is 13.1. The summed E-state index contributed by atoms with van der Waals surface area (Å²) in [6.45, 7) is 7.00. The molecule has 0 radical (unpaired) electrons. The fraction of sp³-hybridized carbons (Fsp3) is 0.333. The third kappa shape index (κ3) is 5.66. The highest BCUT2D eigenvalue weighted by molar-refractivity contribution is 7.91. The predicted molar refractivity (Wildman–Crippen MR) is 108 cm³/mol. The summed E-state index contributed by atoms with van der Waals surface area (Å²) in [6.07, 6.45) is -0.314. The molecule has 0 aromatic heterocycles. The number of esters is 1. The minimum absolute atomic E-state index is 0.177. The lowest BCUT2D eigenvalue weighted by atomic mass is 10.1. The summed E-state index contributed by atoms with van der Waals surface area (Å²) in [7, 11) is -3.59. The van der Waals surface area contributed by atoms with Gasteiger partial charge in [0.1, 0.15) is 0 Å². The van der Waals surface area contributed by atoms with Crippen molar-refractivity contribution in [1.29, 1.82) is 0 Å². The Morgan fingerprint density at radius 2 is 1.57 bits per heavy atom. The summed E-state index contributed by atoms with van der Waals surface area (Å²) in [5.74, 6) is -1.57. The van der Waals surface area contributed by atoms with Crippen molar-refractivity contribution < 1.29 is 22.7 Å². The minimum atomic E-state index is -3.59. The highest BCUT2D eigenvalue weighted by Crippen LogP contribution is 2.19. The van der Waals surface area contributed by atoms with Crippen LogP contribution >= 0.6 is 0 Å². The average molecular weight is 404 g/mol. The molecule has 0 unspecified atom stereocenters. The Labute approximate surface area is 165 Å². The van der Waals surface area contributed by atoms with Crippen LogP contribution in [0.2, 0.25) is 0 Å². The second kappa shape index (κ2) is 9.01. The van der Waals surface area contributed by atoms with E-state index in [9.17, 15) is 18.0 Å². The van der Waals surface area contributed by atoms with E-state index in [4.69, 9.17) is 4.74 Å². The lowest BCUT2D eigenvalue weighted by molar-refractivity contribution is -0.146. The largest absolute Gasteiger partial charge is 0.456 e. The van der Waals surface area contributed by atoms with E-state index in [2.05, 4.69) is 5.32 Å². The molecule has 0 heterocycles. The van der Waals surface area contributed by atoms with Gasteiger partial charge in [0.15, 0.2) is 16.4 Å². The summed E-state index contributed by atoms with van der Waals surface area (Å²) >= 11 is 0. The number of amides is 1. The number of aryl methyl sites for hydroxylation is 4. The number of carbonyl (C=O) groups excluding carboxylic acids is 2. The molecule has 0 atom stereocenters. The molecular weight excluding hydrogens is 378 g/mol. The van der Waals surface area contributed by atoms with Crippen molar-refractivity contribution in [2.45, 2.75) is 39.0 Å². The first-order valence-electron chi connectivity index (χ1n) is 8.92. The van der Waals surface area contributed by atoms with Crippen molar-refractivity contribution in [1.82, 2.24) is 0 Å². The fourth-order valence-electron chi connectivity index (χ4n) is 2.65. The van der Waals surface area contributed by atoms with Crippen LogP contribution in [-0.2, 0) is 24.2 Å². The van der Waals surface area contributed by atoms with Crippen molar-refractivity contribution in [2.75, 3.05) is 17.7 Å². The van der Waals surface area contributed by atoms with Crippen LogP contribution in [0.3, 0.4) is 0 Å². The van der Waals surface area contributed by atoms with Crippen LogP contribution in [0.15, 0.2) is 41.3 Å². The molecule has 6 nitrogen and oxygen atoms in total. The van der Waals surface area contributed by atoms with E-state index in [0.717, 1.165) is 22.3 Å². The molecule has 7 heteroatoms. The Bertz CT molecular complexity index is 976. The number of benzene rings is 2. The third-order valence-electron chi connectivity index (χ3n) is 4.52. The van der Waals surface area contributed by atoms with Crippen LogP contribution in [0.1, 0.15) is 28.7 Å². The van der Waals surface area contributed by atoms with Crippen molar-refractivity contribution in [3.05, 3.63) is 58.7 Å². The smallest absolute Gasteiger partial charge is 0.307 e. The van der Waals surface area contributed by atoms with E-state index in [1.165, 1.54) is 6.07 Å². The maximum Gasteiger partial charge on any atom is 0.307 e. The summed E-state index contributed by atoms with van der Waals surface area (Å²) in [6, 6.07) is 10.5. The summed E-state index contributed by atoms with van der Waals surface area (Å²) in [4.78, 5) is 24.0. The van der Waals surface area contributed by atoms with Crippen molar-refractivity contribution in [3.8, 4) is 0 Å². The Balaban J connectivity index is 1.86. The molecule has 0 bridgehead atoms. The van der Waals surface area contributed by atoms with Gasteiger partial charge in [-0.3, -0.25) is 9.59 Å². The van der Waals surface area contributed by atoms with E-state index in [1.54, 1.807) is 12.1 Å². The van der Waals surface area contributed by atoms with Gasteiger partial charge in [0.05, 0.1) is 17.1 Å². The zero-order valence-corrected chi connectivity index (χ0v) is 17.4. The minimum Gasteiger partial charge on any atom is -0.456 e. The van der Waals surface area contributed by atoms with Gasteiger partial charge in [0.25, 0.3) is 5.91 Å². The molecule has 0 aliphatic heterocycles. The van der Waals surface area contributed by atoms with Gasteiger partial charge in [-0.05, 0) is 62.1 Å². The number of carbonyl (C=O) groups is 2. The van der Waals surface area contributed by atoms with Gasteiger partial charge in [0.2, 0.25) is 0 Å². The van der Waals surface area contributed by atoms with Crippen LogP contribution in [-0.4, -0.2) is 32.7 Å². The second-order valence-electron chi connectivity index (χ2n) is 6.79. The first-order valence-corrected chi connectivity index (χ1v) is 10.6. The summed E-state index contributed by atoms with van der Waals surface area (Å²) < 4.78 is 29.6. The van der Waals surface area contributed by atoms with Crippen LogP contribution in [0.5, 0.6) is 0 Å². The van der Waals surface area contributed by atoms with Crippen LogP contribution < -0.4 is 5.32 Å². The summed E-state index contributed by atoms with van der Waals surface area (Å²) in [5.41, 5.74) is 4.35. The quantitative estimate of drug-likeness (QED) is 0.717. The number of hydrogen-bond donors (Lipinski definition) is 1. The van der Waals surface area contributed by atoms with Crippen LogP contribution in [0.4, 0.5) is 5.69 Å². The highest BCUT2D eigenvalue weighted by Gasteiger charge is 2.18. The number of para-hydroxylation sites is 1. The number of nitrogens with one attached hydrogen (secondary N) is 1. The van der Waals surface area contributed by atoms with Gasteiger partial charge in [0, 0.05) is 5.69 Å². The Morgan fingerprint density at radius 3 is 2.18 bits per heavy atom. The van der Waals surface area contributed by atoms with Crippen LogP contribution in [0.25, 0.3) is 0 Å². The molecule has 0 saturated heterocycles. The zero-order chi connectivity index (χ0) is 20.9. The van der Waals surface area contributed by atoms with Crippen molar-refractivity contribution in [2.24, 2.45) is 0 Å². The first kappa shape index (κ1) is 21.6. The van der Waals surface area contributed by atoms with Gasteiger partial charge >= 0.3 is 5.97 Å². The third-order valence-corrected chi connectivity index (χ3v) is 6.24. The molecule has 1 N–H and O–H groups in total. The molecule has 2 aromatic rings. The lowest BCUT2D eigenvalue weighted by Gasteiger charge is -2.11. The maximum absolute atomic E-state index is 12.4. The molecule has 0 aliphatic carbocycles. The molecule has 150 valence electrons. The number of ether oxygens (including phenoxy) is 1. The molecule has 0 spiro atoms. The monoisotopic (exact) mass is 403 g/mol. The lowest BCUT2D eigenvalue weighted by Crippen LogP contribution is -2.22. The predicted octanol–water partition coefficient (Wildman–Crippen LogP) is 3.27. The number of sulfone groups is 1. The highest BCUT2D eigenvalue weighted by atomic mass is 32.2. The average Bonchev–Trinajstić information content (AvgIpc) is 2.63. The topological polar surface area (TPSA) is 89.5 Å². The van der Waals surface area contributed by atoms with Gasteiger partial charge in [-0.2, -0.15) is 0 Å². The van der Waals surface area contributed by atoms with Gasteiger partial charge in [-0.15, -0.1) is 0 Å². The fourth-order valence-corrected chi connectivity index (χ4v) is 3.95. The molecule has 0 saturated carbocycles. The molecule has 0 aliphatic rings. The zero-order valence-electron chi connectivity index (χ0n) is 16.5. The van der Waals surface area contributed by atoms with Crippen molar-refractivity contribution in [3.63, 3.8) is 0 Å². The van der Waals surface area contributed by atoms with Gasteiger partial charge in [-0.25, -0.2) is 8.42 Å². The normalized spacial score (nSPS) is 11.1. The van der Waals surface area contributed by atoms with Gasteiger partial charge in [-0.1, -0.05) is 24.3 Å². The molecule has 1 amide bonds. The van der Waals surface area contributed by atoms with Crippen LogP contribution in [0, 0.1) is 27.7 Å². The summed E-state index contributed by atoms with van der Waals surface area (Å²) in [5, 5.41) is 2.71. The molecule has 2 rings (SSSR count). The van der Waals surface area contributed by atoms with E-state index in [1.807, 2.05) is 45.9 Å². The Morgan fingerprint density at radius 1 is 0.929 bits per heavy atom. The molecule has 28 heavy (non-hydrogen) atoms. The number of rotatable bonds is 7. The van der Waals surface area contributed by atoms with E-state index < -0.39 is 28.3 Å². The number of anilines is 1. The van der Waals surface area contributed by atoms with E-state index in [0.29, 0.717) is 5.69 Å². The van der Waals surface area contributed by atoms with E-state index in [-0.39, 0.29) is 17.1 Å². The molecule has 0 fully saturated rings. The standard InChI is InChI=1S/C21H25NO5S/c1-14-8-9-18(12-17(14)4)28(25,26)11-10-20(24)27-13-19(23)22-21-15(2)6-5-7-16(21)3/h5-9,12H,10-11,13H2,1-4H3,(H,22,23).